The Kier molecular flexibility index (Phi) is 7.06. The lowest BCUT2D eigenvalue weighted by Gasteiger charge is -2.13. The van der Waals surface area contributed by atoms with Crippen molar-refractivity contribution in [3.8, 4) is 0 Å². The van der Waals surface area contributed by atoms with Crippen molar-refractivity contribution in [2.75, 3.05) is 0 Å². The topological polar surface area (TPSA) is 127 Å². The van der Waals surface area contributed by atoms with Crippen molar-refractivity contribution in [1.82, 2.24) is 0 Å². The van der Waals surface area contributed by atoms with Crippen LogP contribution in [0, 0.1) is 0 Å². The van der Waals surface area contributed by atoms with Gasteiger partial charge in [-0.15, -0.1) is 0 Å². The SMILES string of the molecule is CC(C)OC(=O)C(=Cc1ccc(C(=O)O)cc1C(=O)O)C(=O)OC(C)C. The summed E-state index contributed by atoms with van der Waals surface area (Å²) in [5.41, 5.74) is -1.13. The second-order valence-corrected chi connectivity index (χ2v) is 5.88. The monoisotopic (exact) mass is 364 g/mol. The molecule has 0 amide bonds. The van der Waals surface area contributed by atoms with Crippen LogP contribution in [0.25, 0.3) is 6.08 Å². The maximum atomic E-state index is 12.2. The number of benzene rings is 1. The van der Waals surface area contributed by atoms with Crippen molar-refractivity contribution < 1.29 is 38.9 Å². The molecular formula is C18H20O8. The van der Waals surface area contributed by atoms with Crippen LogP contribution in [0.1, 0.15) is 54.0 Å². The number of rotatable bonds is 7. The zero-order valence-electron chi connectivity index (χ0n) is 14.8. The average molecular weight is 364 g/mol. The fraction of sp³-hybridized carbons (Fsp3) is 0.333. The minimum Gasteiger partial charge on any atom is -0.478 e. The van der Waals surface area contributed by atoms with Crippen LogP contribution < -0.4 is 0 Å². The molecule has 0 aliphatic carbocycles. The van der Waals surface area contributed by atoms with Crippen molar-refractivity contribution in [3.05, 3.63) is 40.5 Å². The summed E-state index contributed by atoms with van der Waals surface area (Å²) in [7, 11) is 0. The number of aromatic carboxylic acids is 2. The summed E-state index contributed by atoms with van der Waals surface area (Å²) in [4.78, 5) is 46.8. The zero-order chi connectivity index (χ0) is 20.0. The fourth-order valence-corrected chi connectivity index (χ4v) is 1.91. The van der Waals surface area contributed by atoms with Crippen LogP contribution in [0.3, 0.4) is 0 Å². The van der Waals surface area contributed by atoms with Crippen LogP contribution in [-0.4, -0.2) is 46.3 Å². The minimum atomic E-state index is -1.41. The van der Waals surface area contributed by atoms with Crippen molar-refractivity contribution in [1.29, 1.82) is 0 Å². The van der Waals surface area contributed by atoms with Gasteiger partial charge in [0.15, 0.2) is 0 Å². The Morgan fingerprint density at radius 1 is 0.885 bits per heavy atom. The first-order chi connectivity index (χ1) is 12.0. The van der Waals surface area contributed by atoms with Crippen molar-refractivity contribution in [2.45, 2.75) is 39.9 Å². The molecule has 0 radical (unpaired) electrons. The van der Waals surface area contributed by atoms with Crippen LogP contribution in [0.15, 0.2) is 23.8 Å². The molecule has 0 aliphatic heterocycles. The fourth-order valence-electron chi connectivity index (χ4n) is 1.91. The molecular weight excluding hydrogens is 344 g/mol. The molecule has 0 spiro atoms. The molecule has 26 heavy (non-hydrogen) atoms. The van der Waals surface area contributed by atoms with Crippen molar-refractivity contribution in [2.24, 2.45) is 0 Å². The normalized spacial score (nSPS) is 10.4. The molecule has 0 heterocycles. The van der Waals surface area contributed by atoms with Gasteiger partial charge in [0, 0.05) is 0 Å². The average Bonchev–Trinajstić information content (AvgIpc) is 2.50. The van der Waals surface area contributed by atoms with Gasteiger partial charge in [0.05, 0.1) is 23.3 Å². The molecule has 0 bridgehead atoms. The van der Waals surface area contributed by atoms with Crippen molar-refractivity contribution >= 4 is 30.0 Å². The first-order valence-corrected chi connectivity index (χ1v) is 7.77. The molecule has 0 unspecified atom stereocenters. The molecule has 0 aliphatic rings. The molecule has 0 saturated carbocycles. The number of hydrogen-bond acceptors (Lipinski definition) is 6. The molecule has 0 fully saturated rings. The molecule has 0 atom stereocenters. The molecule has 8 heteroatoms. The molecule has 1 aromatic carbocycles. The number of carboxylic acids is 2. The molecule has 0 aromatic heterocycles. The Morgan fingerprint density at radius 2 is 1.38 bits per heavy atom. The summed E-state index contributed by atoms with van der Waals surface area (Å²) in [5, 5.41) is 18.3. The highest BCUT2D eigenvalue weighted by molar-refractivity contribution is 6.18. The summed E-state index contributed by atoms with van der Waals surface area (Å²) in [6.07, 6.45) is 0.00185. The van der Waals surface area contributed by atoms with Gasteiger partial charge in [-0.3, -0.25) is 0 Å². The highest BCUT2D eigenvalue weighted by atomic mass is 16.6. The molecule has 1 aromatic rings. The highest BCUT2D eigenvalue weighted by Crippen LogP contribution is 2.18. The number of ether oxygens (including phenoxy) is 2. The molecule has 1 rings (SSSR count). The third-order valence-electron chi connectivity index (χ3n) is 2.96. The number of hydrogen-bond donors (Lipinski definition) is 2. The van der Waals surface area contributed by atoms with Crippen LogP contribution in [0.5, 0.6) is 0 Å². The van der Waals surface area contributed by atoms with Gasteiger partial charge in [0.1, 0.15) is 5.57 Å². The van der Waals surface area contributed by atoms with E-state index in [-0.39, 0.29) is 16.7 Å². The molecule has 140 valence electrons. The third kappa shape index (κ3) is 5.73. The van der Waals surface area contributed by atoms with E-state index < -0.39 is 41.7 Å². The van der Waals surface area contributed by atoms with Crippen LogP contribution in [0.2, 0.25) is 0 Å². The minimum absolute atomic E-state index is 0.0288. The first-order valence-electron chi connectivity index (χ1n) is 7.77. The summed E-state index contributed by atoms with van der Waals surface area (Å²) in [6, 6.07) is 3.30. The quantitative estimate of drug-likeness (QED) is 0.327. The summed E-state index contributed by atoms with van der Waals surface area (Å²) >= 11 is 0. The van der Waals surface area contributed by atoms with Gasteiger partial charge in [-0.25, -0.2) is 19.2 Å². The van der Waals surface area contributed by atoms with Crippen LogP contribution >= 0.6 is 0 Å². The highest BCUT2D eigenvalue weighted by Gasteiger charge is 2.25. The predicted octanol–water partition coefficient (Wildman–Crippen LogP) is 2.37. The van der Waals surface area contributed by atoms with E-state index in [1.807, 2.05) is 0 Å². The van der Waals surface area contributed by atoms with Gasteiger partial charge < -0.3 is 19.7 Å². The van der Waals surface area contributed by atoms with E-state index in [1.54, 1.807) is 27.7 Å². The van der Waals surface area contributed by atoms with Gasteiger partial charge in [-0.2, -0.15) is 0 Å². The van der Waals surface area contributed by atoms with E-state index in [4.69, 9.17) is 14.6 Å². The van der Waals surface area contributed by atoms with E-state index in [2.05, 4.69) is 0 Å². The third-order valence-corrected chi connectivity index (χ3v) is 2.96. The number of carbonyl (C=O) groups is 4. The van der Waals surface area contributed by atoms with Crippen LogP contribution in [-0.2, 0) is 19.1 Å². The molecule has 8 nitrogen and oxygen atoms in total. The standard InChI is InChI=1S/C18H20O8/c1-9(2)25-17(23)14(18(24)26-10(3)4)7-11-5-6-12(15(19)20)8-13(11)16(21)22/h5-10H,1-4H3,(H,19,20)(H,21,22). The lowest BCUT2D eigenvalue weighted by Crippen LogP contribution is -2.23. The Bertz CT molecular complexity index is 734. The van der Waals surface area contributed by atoms with Gasteiger partial charge in [-0.1, -0.05) is 6.07 Å². The van der Waals surface area contributed by atoms with Crippen molar-refractivity contribution in [3.63, 3.8) is 0 Å². The van der Waals surface area contributed by atoms with E-state index in [0.717, 1.165) is 12.1 Å². The van der Waals surface area contributed by atoms with E-state index in [9.17, 15) is 24.3 Å². The number of esters is 2. The Balaban J connectivity index is 3.47. The van der Waals surface area contributed by atoms with Gasteiger partial charge in [0.2, 0.25) is 0 Å². The summed E-state index contributed by atoms with van der Waals surface area (Å²) in [5.74, 6) is -4.65. The Morgan fingerprint density at radius 3 is 1.77 bits per heavy atom. The lowest BCUT2D eigenvalue weighted by molar-refractivity contribution is -0.150. The Hall–Kier alpha value is -3.16. The maximum absolute atomic E-state index is 12.2. The predicted molar refractivity (Wildman–Crippen MR) is 90.8 cm³/mol. The van der Waals surface area contributed by atoms with E-state index in [0.29, 0.717) is 0 Å². The molecule has 2 N–H and O–H groups in total. The Labute approximate surface area is 150 Å². The second-order valence-electron chi connectivity index (χ2n) is 5.88. The smallest absolute Gasteiger partial charge is 0.345 e. The largest absolute Gasteiger partial charge is 0.478 e. The maximum Gasteiger partial charge on any atom is 0.345 e. The zero-order valence-corrected chi connectivity index (χ0v) is 14.8. The first kappa shape index (κ1) is 20.9. The number of carboxylic acid groups (broad SMARTS) is 2. The summed E-state index contributed by atoms with van der Waals surface area (Å²) < 4.78 is 10.00. The lowest BCUT2D eigenvalue weighted by atomic mass is 10.0. The molecule has 0 saturated heterocycles. The number of carbonyl (C=O) groups excluding carboxylic acids is 2. The van der Waals surface area contributed by atoms with Gasteiger partial charge in [0.25, 0.3) is 0 Å². The van der Waals surface area contributed by atoms with Crippen LogP contribution in [0.4, 0.5) is 0 Å². The summed E-state index contributed by atoms with van der Waals surface area (Å²) in [6.45, 7) is 6.36. The van der Waals surface area contributed by atoms with E-state index in [1.165, 1.54) is 12.1 Å². The van der Waals surface area contributed by atoms with Gasteiger partial charge >= 0.3 is 23.9 Å². The van der Waals surface area contributed by atoms with Gasteiger partial charge in [-0.05, 0) is 51.5 Å². The van der Waals surface area contributed by atoms with E-state index >= 15 is 0 Å². The second kappa shape index (κ2) is 8.80.